The number of amides is 2. The van der Waals surface area contributed by atoms with Crippen molar-refractivity contribution in [3.8, 4) is 11.5 Å². The van der Waals surface area contributed by atoms with E-state index < -0.39 is 5.91 Å². The lowest BCUT2D eigenvalue weighted by Crippen LogP contribution is -2.32. The van der Waals surface area contributed by atoms with E-state index in [9.17, 15) is 9.59 Å². The summed E-state index contributed by atoms with van der Waals surface area (Å²) in [6.07, 6.45) is 3.01. The van der Waals surface area contributed by atoms with E-state index in [1.54, 1.807) is 62.8 Å². The monoisotopic (exact) mass is 517 g/mol. The van der Waals surface area contributed by atoms with Crippen LogP contribution >= 0.6 is 12.2 Å². The van der Waals surface area contributed by atoms with Gasteiger partial charge in [-0.15, -0.1) is 0 Å². The minimum absolute atomic E-state index is 0.0157. The zero-order valence-electron chi connectivity index (χ0n) is 21.5. The minimum Gasteiger partial charge on any atom is -0.493 e. The highest BCUT2D eigenvalue weighted by Gasteiger charge is 2.14. The maximum absolute atomic E-state index is 12.7. The molecule has 2 amide bonds. The Morgan fingerprint density at radius 1 is 0.838 bits per heavy atom. The van der Waals surface area contributed by atoms with Gasteiger partial charge in [-0.05, 0) is 77.3 Å². The normalized spacial score (nSPS) is 11.1. The van der Waals surface area contributed by atoms with Gasteiger partial charge in [0.1, 0.15) is 0 Å². The van der Waals surface area contributed by atoms with Gasteiger partial charge >= 0.3 is 0 Å². The van der Waals surface area contributed by atoms with Crippen LogP contribution in [-0.2, 0) is 10.2 Å². The quantitative estimate of drug-likeness (QED) is 0.272. The Morgan fingerprint density at radius 3 is 2.11 bits per heavy atom. The Kier molecular flexibility index (Phi) is 9.03. The molecular formula is C29H31N3O4S. The maximum Gasteiger partial charge on any atom is 0.255 e. The molecule has 3 rings (SSSR count). The largest absolute Gasteiger partial charge is 0.493 e. The topological polar surface area (TPSA) is 88.7 Å². The number of hydrogen-bond acceptors (Lipinski definition) is 5. The molecule has 0 atom stereocenters. The Hall–Kier alpha value is -4.17. The van der Waals surface area contributed by atoms with Crippen LogP contribution in [-0.4, -0.2) is 31.1 Å². The summed E-state index contributed by atoms with van der Waals surface area (Å²) >= 11 is 5.26. The molecule has 0 saturated heterocycles. The summed E-state index contributed by atoms with van der Waals surface area (Å²) in [7, 11) is 3.11. The van der Waals surface area contributed by atoms with Crippen LogP contribution in [0.1, 0.15) is 42.3 Å². The molecule has 0 fully saturated rings. The number of thiocarbonyl (C=S) groups is 1. The van der Waals surface area contributed by atoms with E-state index in [1.807, 2.05) is 24.3 Å². The molecule has 3 aromatic carbocycles. The molecule has 0 aliphatic carbocycles. The first-order valence-electron chi connectivity index (χ1n) is 11.6. The van der Waals surface area contributed by atoms with E-state index in [0.29, 0.717) is 28.4 Å². The number of methoxy groups -OCH3 is 2. The van der Waals surface area contributed by atoms with Crippen molar-refractivity contribution in [1.82, 2.24) is 5.32 Å². The number of rotatable bonds is 7. The molecule has 0 unspecified atom stereocenters. The number of benzene rings is 3. The molecule has 0 saturated carbocycles. The third-order valence-corrected chi connectivity index (χ3v) is 5.67. The van der Waals surface area contributed by atoms with Crippen LogP contribution in [0.3, 0.4) is 0 Å². The first-order valence-corrected chi connectivity index (χ1v) is 12.0. The molecule has 37 heavy (non-hydrogen) atoms. The average Bonchev–Trinajstić information content (AvgIpc) is 2.87. The highest BCUT2D eigenvalue weighted by atomic mass is 32.1. The molecular weight excluding hydrogens is 486 g/mol. The van der Waals surface area contributed by atoms with Crippen molar-refractivity contribution in [3.05, 3.63) is 89.5 Å². The van der Waals surface area contributed by atoms with Gasteiger partial charge in [-0.3, -0.25) is 14.9 Å². The summed E-state index contributed by atoms with van der Waals surface area (Å²) in [4.78, 5) is 25.0. The maximum atomic E-state index is 12.7. The molecule has 0 aliphatic rings. The average molecular weight is 518 g/mol. The highest BCUT2D eigenvalue weighted by molar-refractivity contribution is 7.80. The Labute approximate surface area is 222 Å². The van der Waals surface area contributed by atoms with Gasteiger partial charge in [0.25, 0.3) is 5.91 Å². The predicted octanol–water partition coefficient (Wildman–Crippen LogP) is 5.78. The van der Waals surface area contributed by atoms with Crippen LogP contribution in [0.5, 0.6) is 11.5 Å². The Bertz CT molecular complexity index is 1310. The lowest BCUT2D eigenvalue weighted by molar-refractivity contribution is -0.115. The summed E-state index contributed by atoms with van der Waals surface area (Å²) < 4.78 is 10.5. The zero-order valence-corrected chi connectivity index (χ0v) is 22.4. The van der Waals surface area contributed by atoms with Gasteiger partial charge in [0, 0.05) is 23.0 Å². The van der Waals surface area contributed by atoms with Crippen molar-refractivity contribution < 1.29 is 19.1 Å². The van der Waals surface area contributed by atoms with Gasteiger partial charge in [0.2, 0.25) is 5.91 Å². The van der Waals surface area contributed by atoms with E-state index in [4.69, 9.17) is 21.7 Å². The summed E-state index contributed by atoms with van der Waals surface area (Å²) in [5.41, 5.74) is 3.72. The van der Waals surface area contributed by atoms with Crippen molar-refractivity contribution in [2.75, 3.05) is 24.9 Å². The summed E-state index contributed by atoms with van der Waals surface area (Å²) in [5, 5.41) is 8.58. The number of hydrogen-bond donors (Lipinski definition) is 3. The molecule has 0 aromatic heterocycles. The van der Waals surface area contributed by atoms with Crippen molar-refractivity contribution in [2.24, 2.45) is 0 Å². The second-order valence-corrected chi connectivity index (χ2v) is 9.66. The van der Waals surface area contributed by atoms with Crippen LogP contribution in [0.4, 0.5) is 11.4 Å². The minimum atomic E-state index is -0.393. The van der Waals surface area contributed by atoms with Gasteiger partial charge in [0.05, 0.1) is 14.2 Å². The van der Waals surface area contributed by atoms with E-state index >= 15 is 0 Å². The lowest BCUT2D eigenvalue weighted by Gasteiger charge is -2.19. The molecule has 0 heterocycles. The molecule has 0 aliphatic heterocycles. The fourth-order valence-electron chi connectivity index (χ4n) is 3.44. The Balaban J connectivity index is 1.56. The summed E-state index contributed by atoms with van der Waals surface area (Å²) in [6.45, 7) is 6.38. The third kappa shape index (κ3) is 7.91. The Morgan fingerprint density at radius 2 is 1.49 bits per heavy atom. The number of nitrogens with one attached hydrogen (secondary N) is 3. The first kappa shape index (κ1) is 27.4. The van der Waals surface area contributed by atoms with E-state index in [2.05, 4.69) is 36.7 Å². The summed E-state index contributed by atoms with van der Waals surface area (Å²) in [5.74, 6) is 0.562. The third-order valence-electron chi connectivity index (χ3n) is 5.46. The highest BCUT2D eigenvalue weighted by Crippen LogP contribution is 2.28. The van der Waals surface area contributed by atoms with E-state index in [1.165, 1.54) is 6.08 Å². The van der Waals surface area contributed by atoms with E-state index in [-0.39, 0.29) is 16.4 Å². The van der Waals surface area contributed by atoms with Crippen molar-refractivity contribution in [2.45, 2.75) is 26.2 Å². The van der Waals surface area contributed by atoms with Crippen molar-refractivity contribution in [3.63, 3.8) is 0 Å². The fourth-order valence-corrected chi connectivity index (χ4v) is 3.66. The summed E-state index contributed by atoms with van der Waals surface area (Å²) in [6, 6.07) is 20.0. The first-order chi connectivity index (χ1) is 17.6. The molecule has 7 nitrogen and oxygen atoms in total. The second kappa shape index (κ2) is 12.2. The van der Waals surface area contributed by atoms with Crippen molar-refractivity contribution in [1.29, 1.82) is 0 Å². The van der Waals surface area contributed by atoms with Gasteiger partial charge in [-0.2, -0.15) is 0 Å². The molecule has 3 aromatic rings. The zero-order chi connectivity index (χ0) is 27.0. The number of anilines is 2. The SMILES string of the molecule is COc1ccc(/C=C/C(=O)NC(=S)Nc2cccc(NC(=O)c3ccc(C(C)(C)C)cc3)c2)cc1OC. The molecule has 0 radical (unpaired) electrons. The molecule has 8 heteroatoms. The second-order valence-electron chi connectivity index (χ2n) is 9.25. The van der Waals surface area contributed by atoms with Gasteiger partial charge in [-0.25, -0.2) is 0 Å². The lowest BCUT2D eigenvalue weighted by atomic mass is 9.87. The number of carbonyl (C=O) groups excluding carboxylic acids is 2. The van der Waals surface area contributed by atoms with Crippen LogP contribution in [0.2, 0.25) is 0 Å². The van der Waals surface area contributed by atoms with Crippen LogP contribution in [0.15, 0.2) is 72.8 Å². The van der Waals surface area contributed by atoms with Gasteiger partial charge in [-0.1, -0.05) is 45.0 Å². The van der Waals surface area contributed by atoms with Gasteiger partial charge < -0.3 is 20.1 Å². The predicted molar refractivity (Wildman–Crippen MR) is 152 cm³/mol. The fraction of sp³-hybridized carbons (Fsp3) is 0.207. The van der Waals surface area contributed by atoms with E-state index in [0.717, 1.165) is 11.1 Å². The number of ether oxygens (including phenoxy) is 2. The molecule has 192 valence electrons. The van der Waals surface area contributed by atoms with Crippen LogP contribution < -0.4 is 25.4 Å². The smallest absolute Gasteiger partial charge is 0.255 e. The van der Waals surface area contributed by atoms with Gasteiger partial charge in [0.15, 0.2) is 16.6 Å². The standard InChI is InChI=1S/C29H31N3O4S/c1-29(2,3)21-13-11-20(12-14-21)27(34)30-22-7-6-8-23(18-22)31-28(37)32-26(33)16-10-19-9-15-24(35-4)25(17-19)36-5/h6-18H,1-5H3,(H,30,34)(H2,31,32,33,37)/b16-10+. The molecule has 0 spiro atoms. The van der Waals surface area contributed by atoms with Crippen LogP contribution in [0, 0.1) is 0 Å². The number of carbonyl (C=O) groups is 2. The van der Waals surface area contributed by atoms with Crippen LogP contribution in [0.25, 0.3) is 6.08 Å². The molecule has 0 bridgehead atoms. The van der Waals surface area contributed by atoms with Crippen molar-refractivity contribution >= 4 is 46.6 Å². The molecule has 3 N–H and O–H groups in total.